The summed E-state index contributed by atoms with van der Waals surface area (Å²) in [6.07, 6.45) is 0. The van der Waals surface area contributed by atoms with E-state index in [2.05, 4.69) is 15.6 Å². The molecule has 6 heteroatoms. The summed E-state index contributed by atoms with van der Waals surface area (Å²) in [5.74, 6) is 0.135. The van der Waals surface area contributed by atoms with Gasteiger partial charge in [-0.3, -0.25) is 4.99 Å². The second-order valence-corrected chi connectivity index (χ2v) is 5.26. The zero-order valence-electron chi connectivity index (χ0n) is 12.6. The maximum absolute atomic E-state index is 13.8. The van der Waals surface area contributed by atoms with E-state index in [4.69, 9.17) is 16.9 Å². The molecule has 0 aliphatic heterocycles. The van der Waals surface area contributed by atoms with Crippen molar-refractivity contribution in [1.82, 2.24) is 10.6 Å². The minimum atomic E-state index is -0.415. The molecule has 0 bridgehead atoms. The number of hydrogen-bond acceptors (Lipinski definition) is 2. The second kappa shape index (κ2) is 8.16. The Morgan fingerprint density at radius 2 is 2.00 bits per heavy atom. The molecule has 0 aliphatic carbocycles. The maximum atomic E-state index is 13.8. The van der Waals surface area contributed by atoms with Gasteiger partial charge in [-0.05, 0) is 29.8 Å². The lowest BCUT2D eigenvalue weighted by molar-refractivity contribution is 0.604. The second-order valence-electron chi connectivity index (χ2n) is 4.83. The first-order chi connectivity index (χ1) is 11.1. The summed E-state index contributed by atoms with van der Waals surface area (Å²) in [5, 5.41) is 15.6. The van der Waals surface area contributed by atoms with Gasteiger partial charge in [-0.15, -0.1) is 0 Å². The molecule has 0 fully saturated rings. The van der Waals surface area contributed by atoms with Crippen LogP contribution >= 0.6 is 11.6 Å². The molecular formula is C17H16ClFN4. The van der Waals surface area contributed by atoms with Gasteiger partial charge >= 0.3 is 0 Å². The molecule has 0 atom stereocenters. The molecule has 0 radical (unpaired) electrons. The monoisotopic (exact) mass is 330 g/mol. The van der Waals surface area contributed by atoms with Gasteiger partial charge in [0, 0.05) is 30.7 Å². The third-order valence-corrected chi connectivity index (χ3v) is 3.44. The zero-order chi connectivity index (χ0) is 16.7. The molecule has 4 nitrogen and oxygen atoms in total. The molecule has 2 aromatic rings. The number of nitrogens with one attached hydrogen (secondary N) is 2. The van der Waals surface area contributed by atoms with Crippen molar-refractivity contribution in [3.05, 3.63) is 70.0 Å². The van der Waals surface area contributed by atoms with Crippen LogP contribution in [0.5, 0.6) is 0 Å². The third kappa shape index (κ3) is 4.97. The van der Waals surface area contributed by atoms with Crippen LogP contribution < -0.4 is 10.6 Å². The van der Waals surface area contributed by atoms with Gasteiger partial charge in [0.05, 0.1) is 11.6 Å². The lowest BCUT2D eigenvalue weighted by Crippen LogP contribution is -2.36. The summed E-state index contributed by atoms with van der Waals surface area (Å²) in [6.45, 7) is 0.822. The molecule has 23 heavy (non-hydrogen) atoms. The molecule has 118 valence electrons. The van der Waals surface area contributed by atoms with Crippen molar-refractivity contribution in [3.63, 3.8) is 0 Å². The van der Waals surface area contributed by atoms with Gasteiger partial charge in [-0.25, -0.2) is 4.39 Å². The fourth-order valence-corrected chi connectivity index (χ4v) is 2.21. The number of aliphatic imine (C=N–C) groups is 1. The van der Waals surface area contributed by atoms with Gasteiger partial charge in [0.25, 0.3) is 0 Å². The molecule has 0 saturated carbocycles. The van der Waals surface area contributed by atoms with Crippen LogP contribution in [0, 0.1) is 17.1 Å². The lowest BCUT2D eigenvalue weighted by Gasteiger charge is -2.12. The van der Waals surface area contributed by atoms with Crippen molar-refractivity contribution in [1.29, 1.82) is 5.26 Å². The molecular weight excluding hydrogens is 315 g/mol. The van der Waals surface area contributed by atoms with E-state index in [9.17, 15) is 4.39 Å². The van der Waals surface area contributed by atoms with Crippen LogP contribution in [0.15, 0.2) is 47.5 Å². The van der Waals surface area contributed by atoms with Crippen LogP contribution in [0.1, 0.15) is 16.7 Å². The van der Waals surface area contributed by atoms with Crippen LogP contribution in [0.2, 0.25) is 5.02 Å². The Balaban J connectivity index is 1.92. The molecule has 0 aromatic heterocycles. The van der Waals surface area contributed by atoms with E-state index in [1.54, 1.807) is 19.2 Å². The topological polar surface area (TPSA) is 60.2 Å². The van der Waals surface area contributed by atoms with E-state index >= 15 is 0 Å². The van der Waals surface area contributed by atoms with Crippen LogP contribution in [0.4, 0.5) is 4.39 Å². The number of halogens is 2. The van der Waals surface area contributed by atoms with Gasteiger partial charge in [-0.1, -0.05) is 29.8 Å². The number of nitrogens with zero attached hydrogens (tertiary/aromatic N) is 2. The minimum absolute atomic E-state index is 0.271. The number of hydrogen-bond donors (Lipinski definition) is 2. The normalized spacial score (nSPS) is 11.0. The Morgan fingerprint density at radius 1 is 1.22 bits per heavy atom. The largest absolute Gasteiger partial charge is 0.352 e. The highest BCUT2D eigenvalue weighted by Gasteiger charge is 2.05. The molecule has 0 unspecified atom stereocenters. The van der Waals surface area contributed by atoms with E-state index in [1.807, 2.05) is 30.3 Å². The van der Waals surface area contributed by atoms with Crippen LogP contribution in [0.25, 0.3) is 0 Å². The fourth-order valence-electron chi connectivity index (χ4n) is 1.99. The SMILES string of the molecule is CN=C(NCc1cccc(Cl)c1)NCc1ccc(C#N)cc1F. The fraction of sp³-hybridized carbons (Fsp3) is 0.176. The number of benzene rings is 2. The lowest BCUT2D eigenvalue weighted by atomic mass is 10.1. The predicted octanol–water partition coefficient (Wildman–Crippen LogP) is 3.22. The molecule has 2 aromatic carbocycles. The van der Waals surface area contributed by atoms with Gasteiger partial charge in [0.15, 0.2) is 5.96 Å². The first-order valence-electron chi connectivity index (χ1n) is 7.00. The van der Waals surface area contributed by atoms with Crippen LogP contribution in [-0.4, -0.2) is 13.0 Å². The summed E-state index contributed by atoms with van der Waals surface area (Å²) in [4.78, 5) is 4.09. The first-order valence-corrected chi connectivity index (χ1v) is 7.37. The number of rotatable bonds is 4. The van der Waals surface area contributed by atoms with Gasteiger partial charge in [-0.2, -0.15) is 5.26 Å². The van der Waals surface area contributed by atoms with Gasteiger partial charge < -0.3 is 10.6 Å². The Hall–Kier alpha value is -2.58. The molecule has 0 aliphatic rings. The zero-order valence-corrected chi connectivity index (χ0v) is 13.4. The van der Waals surface area contributed by atoms with Crippen LogP contribution in [-0.2, 0) is 13.1 Å². The van der Waals surface area contributed by atoms with Crippen molar-refractivity contribution in [2.45, 2.75) is 13.1 Å². The van der Waals surface area contributed by atoms with Gasteiger partial charge in [0.2, 0.25) is 0 Å². The van der Waals surface area contributed by atoms with Gasteiger partial charge in [0.1, 0.15) is 5.82 Å². The molecule has 2 N–H and O–H groups in total. The summed E-state index contributed by atoms with van der Waals surface area (Å²) in [6, 6.07) is 13.8. The third-order valence-electron chi connectivity index (χ3n) is 3.20. The maximum Gasteiger partial charge on any atom is 0.191 e. The Labute approximate surface area is 139 Å². The van der Waals surface area contributed by atoms with Crippen molar-refractivity contribution in [2.75, 3.05) is 7.05 Å². The Bertz CT molecular complexity index is 752. The first kappa shape index (κ1) is 16.8. The summed E-state index contributed by atoms with van der Waals surface area (Å²) >= 11 is 5.94. The van der Waals surface area contributed by atoms with E-state index < -0.39 is 5.82 Å². The summed E-state index contributed by atoms with van der Waals surface area (Å²) in [5.41, 5.74) is 1.79. The average molecular weight is 331 g/mol. The number of guanidine groups is 1. The van der Waals surface area contributed by atoms with Crippen molar-refractivity contribution in [2.24, 2.45) is 4.99 Å². The van der Waals surface area contributed by atoms with E-state index in [0.29, 0.717) is 28.7 Å². The predicted molar refractivity (Wildman–Crippen MR) is 89.6 cm³/mol. The highest BCUT2D eigenvalue weighted by atomic mass is 35.5. The van der Waals surface area contributed by atoms with Crippen molar-refractivity contribution < 1.29 is 4.39 Å². The Kier molecular flexibility index (Phi) is 5.95. The van der Waals surface area contributed by atoms with E-state index in [-0.39, 0.29) is 6.54 Å². The summed E-state index contributed by atoms with van der Waals surface area (Å²) < 4.78 is 13.8. The molecule has 0 spiro atoms. The smallest absolute Gasteiger partial charge is 0.191 e. The molecule has 0 saturated heterocycles. The minimum Gasteiger partial charge on any atom is -0.352 e. The quantitative estimate of drug-likeness (QED) is 0.668. The van der Waals surface area contributed by atoms with Crippen molar-refractivity contribution in [3.8, 4) is 6.07 Å². The van der Waals surface area contributed by atoms with E-state index in [0.717, 1.165) is 5.56 Å². The average Bonchev–Trinajstić information content (AvgIpc) is 2.56. The highest BCUT2D eigenvalue weighted by Crippen LogP contribution is 2.11. The molecule has 0 amide bonds. The van der Waals surface area contributed by atoms with E-state index in [1.165, 1.54) is 6.07 Å². The molecule has 0 heterocycles. The highest BCUT2D eigenvalue weighted by molar-refractivity contribution is 6.30. The van der Waals surface area contributed by atoms with Crippen LogP contribution in [0.3, 0.4) is 0 Å². The standard InChI is InChI=1S/C17H16ClFN4/c1-21-17(22-10-13-3-2-4-15(18)7-13)23-11-14-6-5-12(9-20)8-16(14)19/h2-8H,10-11H2,1H3,(H2,21,22,23). The number of nitriles is 1. The summed E-state index contributed by atoms with van der Waals surface area (Å²) in [7, 11) is 1.64. The van der Waals surface area contributed by atoms with Crippen molar-refractivity contribution >= 4 is 17.6 Å². The molecule has 2 rings (SSSR count). The Morgan fingerprint density at radius 3 is 2.65 bits per heavy atom.